The third-order valence-electron chi connectivity index (χ3n) is 5.97. The monoisotopic (exact) mass is 515 g/mol. The zero-order valence-corrected chi connectivity index (χ0v) is 23.1. The largest absolute Gasteiger partial charge is 0.492 e. The van der Waals surface area contributed by atoms with Crippen molar-refractivity contribution in [3.05, 3.63) is 54.6 Å². The SMILES string of the molecule is COc1cccc(OC)c1[P+](CC(C)(C)O)(c1c(OC)cccc1OC)c1c(OC)cccc1OC. The third-order valence-corrected chi connectivity index (χ3v) is 10.8. The lowest BCUT2D eigenvalue weighted by Crippen LogP contribution is -2.43. The van der Waals surface area contributed by atoms with Gasteiger partial charge in [0.2, 0.25) is 0 Å². The number of ether oxygens (including phenoxy) is 6. The van der Waals surface area contributed by atoms with E-state index in [1.54, 1.807) is 56.5 Å². The van der Waals surface area contributed by atoms with Gasteiger partial charge in [0, 0.05) is 0 Å². The van der Waals surface area contributed by atoms with E-state index in [9.17, 15) is 5.11 Å². The Morgan fingerprint density at radius 2 is 0.750 bits per heavy atom. The molecular formula is C28H36O7P+. The van der Waals surface area contributed by atoms with Crippen LogP contribution in [-0.4, -0.2) is 59.5 Å². The lowest BCUT2D eigenvalue weighted by Gasteiger charge is -2.35. The zero-order chi connectivity index (χ0) is 26.5. The molecule has 3 aromatic rings. The van der Waals surface area contributed by atoms with Crippen molar-refractivity contribution >= 4 is 23.2 Å². The van der Waals surface area contributed by atoms with E-state index in [1.807, 2.05) is 54.6 Å². The maximum absolute atomic E-state index is 11.5. The van der Waals surface area contributed by atoms with Gasteiger partial charge in [-0.2, -0.15) is 0 Å². The van der Waals surface area contributed by atoms with E-state index >= 15 is 0 Å². The van der Waals surface area contributed by atoms with Gasteiger partial charge in [0.1, 0.15) is 13.4 Å². The molecule has 7 nitrogen and oxygen atoms in total. The third kappa shape index (κ3) is 4.91. The second kappa shape index (κ2) is 11.3. The summed E-state index contributed by atoms with van der Waals surface area (Å²) < 4.78 is 35.7. The maximum atomic E-state index is 11.5. The van der Waals surface area contributed by atoms with Gasteiger partial charge in [0.05, 0.1) is 48.3 Å². The highest BCUT2D eigenvalue weighted by Gasteiger charge is 2.59. The molecule has 0 fully saturated rings. The Labute approximate surface area is 214 Å². The van der Waals surface area contributed by atoms with Crippen LogP contribution in [0, 0.1) is 0 Å². The van der Waals surface area contributed by atoms with Crippen LogP contribution in [0.5, 0.6) is 34.5 Å². The van der Waals surface area contributed by atoms with E-state index in [0.29, 0.717) is 34.5 Å². The van der Waals surface area contributed by atoms with Gasteiger partial charge >= 0.3 is 0 Å². The van der Waals surface area contributed by atoms with Crippen molar-refractivity contribution in [3.63, 3.8) is 0 Å². The van der Waals surface area contributed by atoms with Crippen LogP contribution < -0.4 is 44.3 Å². The minimum absolute atomic E-state index is 0.282. The average molecular weight is 516 g/mol. The van der Waals surface area contributed by atoms with Crippen molar-refractivity contribution in [2.45, 2.75) is 19.4 Å². The summed E-state index contributed by atoms with van der Waals surface area (Å²) in [4.78, 5) is 0. The highest BCUT2D eigenvalue weighted by atomic mass is 31.2. The van der Waals surface area contributed by atoms with Crippen molar-refractivity contribution in [2.24, 2.45) is 0 Å². The summed E-state index contributed by atoms with van der Waals surface area (Å²) in [5.74, 6) is 3.63. The molecule has 194 valence electrons. The molecule has 0 atom stereocenters. The normalized spacial score (nSPS) is 11.6. The van der Waals surface area contributed by atoms with Crippen molar-refractivity contribution in [1.29, 1.82) is 0 Å². The predicted octanol–water partition coefficient (Wildman–Crippen LogP) is 3.80. The second-order valence-electron chi connectivity index (χ2n) is 8.81. The molecule has 0 saturated heterocycles. The molecule has 0 unspecified atom stereocenters. The highest BCUT2D eigenvalue weighted by molar-refractivity contribution is 7.96. The maximum Gasteiger partial charge on any atom is 0.188 e. The van der Waals surface area contributed by atoms with Crippen molar-refractivity contribution < 1.29 is 33.5 Å². The molecule has 0 radical (unpaired) electrons. The molecule has 0 amide bonds. The first-order valence-corrected chi connectivity index (χ1v) is 13.4. The lowest BCUT2D eigenvalue weighted by atomic mass is 10.2. The van der Waals surface area contributed by atoms with Gasteiger partial charge in [-0.3, -0.25) is 0 Å². The van der Waals surface area contributed by atoms with Gasteiger partial charge < -0.3 is 33.5 Å². The van der Waals surface area contributed by atoms with Gasteiger partial charge in [0.25, 0.3) is 0 Å². The molecule has 0 saturated carbocycles. The van der Waals surface area contributed by atoms with Crippen LogP contribution in [0.1, 0.15) is 13.8 Å². The Balaban J connectivity index is 2.77. The fourth-order valence-corrected chi connectivity index (χ4v) is 10.3. The Morgan fingerprint density at radius 3 is 0.917 bits per heavy atom. The van der Waals surface area contributed by atoms with Crippen molar-refractivity contribution in [2.75, 3.05) is 48.8 Å². The van der Waals surface area contributed by atoms with Gasteiger partial charge in [0.15, 0.2) is 50.4 Å². The summed E-state index contributed by atoms with van der Waals surface area (Å²) in [6.45, 7) is 3.57. The Hall–Kier alpha value is -3.15. The summed E-state index contributed by atoms with van der Waals surface area (Å²) >= 11 is 0. The van der Waals surface area contributed by atoms with Crippen LogP contribution in [0.15, 0.2) is 54.6 Å². The van der Waals surface area contributed by atoms with E-state index < -0.39 is 12.9 Å². The highest BCUT2D eigenvalue weighted by Crippen LogP contribution is 2.66. The Bertz CT molecular complexity index is 986. The fraction of sp³-hybridized carbons (Fsp3) is 0.357. The molecule has 0 spiro atoms. The molecule has 0 aliphatic rings. The summed E-state index contributed by atoms with van der Waals surface area (Å²) in [7, 11) is 6.73. The minimum Gasteiger partial charge on any atom is -0.492 e. The number of aliphatic hydroxyl groups is 1. The quantitative estimate of drug-likeness (QED) is 0.390. The van der Waals surface area contributed by atoms with Crippen LogP contribution in [-0.2, 0) is 0 Å². The van der Waals surface area contributed by atoms with Gasteiger partial charge in [-0.05, 0) is 50.2 Å². The van der Waals surface area contributed by atoms with Crippen LogP contribution in [0.3, 0.4) is 0 Å². The second-order valence-corrected chi connectivity index (χ2v) is 12.1. The molecule has 8 heteroatoms. The fourth-order valence-electron chi connectivity index (χ4n) is 4.78. The van der Waals surface area contributed by atoms with Gasteiger partial charge in [-0.25, -0.2) is 0 Å². The smallest absolute Gasteiger partial charge is 0.188 e. The topological polar surface area (TPSA) is 75.6 Å². The molecule has 3 aromatic carbocycles. The van der Waals surface area contributed by atoms with Crippen LogP contribution >= 0.6 is 7.26 Å². The van der Waals surface area contributed by atoms with Crippen LogP contribution in [0.25, 0.3) is 0 Å². The first-order valence-electron chi connectivity index (χ1n) is 11.5. The molecule has 1 N–H and O–H groups in total. The Morgan fingerprint density at radius 1 is 0.528 bits per heavy atom. The van der Waals surface area contributed by atoms with Crippen molar-refractivity contribution in [1.82, 2.24) is 0 Å². The first kappa shape index (κ1) is 27.4. The van der Waals surface area contributed by atoms with Crippen LogP contribution in [0.4, 0.5) is 0 Å². The van der Waals surface area contributed by atoms with E-state index in [0.717, 1.165) is 15.9 Å². The number of methoxy groups -OCH3 is 6. The number of hydrogen-bond acceptors (Lipinski definition) is 7. The molecule has 0 aliphatic carbocycles. The molecular weight excluding hydrogens is 479 g/mol. The Kier molecular flexibility index (Phi) is 8.59. The summed E-state index contributed by atoms with van der Waals surface area (Å²) in [6, 6.07) is 17.0. The predicted molar refractivity (Wildman–Crippen MR) is 146 cm³/mol. The van der Waals surface area contributed by atoms with E-state index in [4.69, 9.17) is 28.4 Å². The standard InChI is InChI=1S/C28H36O7P/c1-28(2,29)18-36(25-19(30-3)12-9-13-20(25)31-4,26-21(32-5)14-10-15-22(26)33-6)27-23(34-7)16-11-17-24(27)35-8/h9-17,29H,18H2,1-8H3/q+1. The number of rotatable bonds is 11. The molecule has 3 rings (SSSR count). The molecule has 36 heavy (non-hydrogen) atoms. The molecule has 0 aliphatic heterocycles. The van der Waals surface area contributed by atoms with E-state index in [1.165, 1.54) is 0 Å². The zero-order valence-electron chi connectivity index (χ0n) is 22.2. The summed E-state index contributed by atoms with van der Waals surface area (Å²) in [5.41, 5.74) is -1.14. The molecule has 0 heterocycles. The van der Waals surface area contributed by atoms with Gasteiger partial charge in [-0.1, -0.05) is 18.2 Å². The average Bonchev–Trinajstić information content (AvgIpc) is 2.89. The van der Waals surface area contributed by atoms with Gasteiger partial charge in [-0.15, -0.1) is 0 Å². The lowest BCUT2D eigenvalue weighted by molar-refractivity contribution is 0.106. The number of benzene rings is 3. The number of hydrogen-bond donors (Lipinski definition) is 1. The first-order chi connectivity index (χ1) is 17.2. The van der Waals surface area contributed by atoms with E-state index in [-0.39, 0.29) is 6.16 Å². The summed E-state index contributed by atoms with van der Waals surface area (Å²) in [5, 5.41) is 13.8. The van der Waals surface area contributed by atoms with Crippen molar-refractivity contribution in [3.8, 4) is 34.5 Å². The van der Waals surface area contributed by atoms with Crippen LogP contribution in [0.2, 0.25) is 0 Å². The minimum atomic E-state index is -3.00. The molecule has 0 bridgehead atoms. The summed E-state index contributed by atoms with van der Waals surface area (Å²) in [6.07, 6.45) is 0.282. The molecule has 0 aromatic heterocycles. The van der Waals surface area contributed by atoms with E-state index in [2.05, 4.69) is 0 Å².